The minimum Gasteiger partial charge on any atom is -0.353 e. The van der Waals surface area contributed by atoms with Crippen LogP contribution >= 0.6 is 23.4 Å². The van der Waals surface area contributed by atoms with Gasteiger partial charge in [-0.05, 0) is 37.6 Å². The van der Waals surface area contributed by atoms with E-state index in [0.717, 1.165) is 10.5 Å². The summed E-state index contributed by atoms with van der Waals surface area (Å²) in [4.78, 5) is 27.2. The normalized spacial score (nSPS) is 10.7. The van der Waals surface area contributed by atoms with Gasteiger partial charge in [-0.2, -0.15) is 0 Å². The molecule has 6 heteroatoms. The second kappa shape index (κ2) is 9.64. The Hall–Kier alpha value is -1.98. The molecule has 0 saturated heterocycles. The Bertz CT molecular complexity index is 780. The van der Waals surface area contributed by atoms with E-state index in [-0.39, 0.29) is 23.6 Å². The maximum absolute atomic E-state index is 12.9. The van der Waals surface area contributed by atoms with Crippen molar-refractivity contribution in [3.05, 3.63) is 64.7 Å². The maximum Gasteiger partial charge on any atom is 0.255 e. The number of rotatable bonds is 7. The van der Waals surface area contributed by atoms with E-state index in [0.29, 0.717) is 17.1 Å². The summed E-state index contributed by atoms with van der Waals surface area (Å²) >= 11 is 7.56. The quantitative estimate of drug-likeness (QED) is 0.720. The number of carbonyl (C=O) groups excluding carboxylic acids is 2. The Morgan fingerprint density at radius 1 is 1.12 bits per heavy atom. The van der Waals surface area contributed by atoms with Gasteiger partial charge >= 0.3 is 0 Å². The topological polar surface area (TPSA) is 49.4 Å². The highest BCUT2D eigenvalue weighted by Crippen LogP contribution is 2.25. The number of amides is 2. The number of benzene rings is 2. The third-order valence-corrected chi connectivity index (χ3v) is 5.08. The highest BCUT2D eigenvalue weighted by Gasteiger charge is 2.17. The Balaban J connectivity index is 2.09. The molecule has 2 rings (SSSR count). The lowest BCUT2D eigenvalue weighted by Crippen LogP contribution is -2.31. The molecule has 0 bridgehead atoms. The first-order valence-electron chi connectivity index (χ1n) is 8.38. The van der Waals surface area contributed by atoms with E-state index in [1.807, 2.05) is 56.3 Å². The molecule has 0 atom stereocenters. The highest BCUT2D eigenvalue weighted by atomic mass is 35.5. The Labute approximate surface area is 163 Å². The molecule has 1 N–H and O–H groups in total. The molecule has 2 aromatic carbocycles. The summed E-state index contributed by atoms with van der Waals surface area (Å²) in [5.74, 6) is 0.130. The van der Waals surface area contributed by atoms with E-state index in [4.69, 9.17) is 11.6 Å². The van der Waals surface area contributed by atoms with Crippen molar-refractivity contribution in [2.75, 3.05) is 12.8 Å². The predicted octanol–water partition coefficient (Wildman–Crippen LogP) is 4.23. The first-order valence-corrected chi connectivity index (χ1v) is 9.75. The Morgan fingerprint density at radius 2 is 1.77 bits per heavy atom. The summed E-state index contributed by atoms with van der Waals surface area (Å²) in [6, 6.07) is 14.9. The zero-order valence-electron chi connectivity index (χ0n) is 15.2. The summed E-state index contributed by atoms with van der Waals surface area (Å²) in [6.07, 6.45) is 0. The minimum atomic E-state index is -0.0997. The van der Waals surface area contributed by atoms with Crippen molar-refractivity contribution >= 4 is 35.2 Å². The predicted molar refractivity (Wildman–Crippen MR) is 108 cm³/mol. The van der Waals surface area contributed by atoms with Gasteiger partial charge in [-0.3, -0.25) is 9.59 Å². The molecule has 0 aromatic heterocycles. The van der Waals surface area contributed by atoms with Crippen LogP contribution < -0.4 is 5.32 Å². The second-order valence-electron chi connectivity index (χ2n) is 6.26. The number of hydrogen-bond acceptors (Lipinski definition) is 3. The van der Waals surface area contributed by atoms with Crippen LogP contribution in [0.3, 0.4) is 0 Å². The van der Waals surface area contributed by atoms with Crippen LogP contribution in [0.15, 0.2) is 53.4 Å². The van der Waals surface area contributed by atoms with Gasteiger partial charge in [0.1, 0.15) is 0 Å². The second-order valence-corrected chi connectivity index (χ2v) is 7.68. The van der Waals surface area contributed by atoms with E-state index in [2.05, 4.69) is 5.32 Å². The fraction of sp³-hybridized carbons (Fsp3) is 0.300. The highest BCUT2D eigenvalue weighted by molar-refractivity contribution is 8.00. The minimum absolute atomic E-state index is 0.0447. The SMILES string of the molecule is CC(C)NC(=O)CSc1ccccc1C(=O)N(C)Cc1ccccc1Cl. The summed E-state index contributed by atoms with van der Waals surface area (Å²) in [5, 5.41) is 3.49. The molecular formula is C20H23ClN2O2S. The van der Waals surface area contributed by atoms with E-state index in [9.17, 15) is 9.59 Å². The number of carbonyl (C=O) groups is 2. The van der Waals surface area contributed by atoms with E-state index >= 15 is 0 Å². The Kier molecular flexibility index (Phi) is 7.54. The molecule has 2 amide bonds. The monoisotopic (exact) mass is 390 g/mol. The summed E-state index contributed by atoms with van der Waals surface area (Å²) in [7, 11) is 1.75. The van der Waals surface area contributed by atoms with Gasteiger partial charge < -0.3 is 10.2 Å². The van der Waals surface area contributed by atoms with Crippen LogP contribution in [0.4, 0.5) is 0 Å². The first-order chi connectivity index (χ1) is 12.4. The fourth-order valence-electron chi connectivity index (χ4n) is 2.44. The standard InChI is InChI=1S/C20H23ClN2O2S/c1-14(2)22-19(24)13-26-18-11-7-5-9-16(18)20(25)23(3)12-15-8-4-6-10-17(15)21/h4-11,14H,12-13H2,1-3H3,(H,22,24). The molecule has 4 nitrogen and oxygen atoms in total. The number of hydrogen-bond donors (Lipinski definition) is 1. The fourth-order valence-corrected chi connectivity index (χ4v) is 3.49. The van der Waals surface area contributed by atoms with Crippen molar-refractivity contribution in [3.8, 4) is 0 Å². The average molecular weight is 391 g/mol. The molecule has 0 heterocycles. The summed E-state index contributed by atoms with van der Waals surface area (Å²) < 4.78 is 0. The first kappa shape index (κ1) is 20.3. The van der Waals surface area contributed by atoms with Crippen LogP contribution in [0, 0.1) is 0 Å². The maximum atomic E-state index is 12.9. The van der Waals surface area contributed by atoms with Crippen molar-refractivity contribution in [2.45, 2.75) is 31.3 Å². The van der Waals surface area contributed by atoms with Crippen LogP contribution in [-0.4, -0.2) is 35.6 Å². The Morgan fingerprint density at radius 3 is 2.46 bits per heavy atom. The molecule has 0 spiro atoms. The number of nitrogens with one attached hydrogen (secondary N) is 1. The zero-order valence-corrected chi connectivity index (χ0v) is 16.7. The summed E-state index contributed by atoms with van der Waals surface area (Å²) in [5.41, 5.74) is 1.48. The van der Waals surface area contributed by atoms with Gasteiger partial charge in [0.05, 0.1) is 11.3 Å². The number of nitrogens with zero attached hydrogens (tertiary/aromatic N) is 1. The lowest BCUT2D eigenvalue weighted by atomic mass is 10.1. The van der Waals surface area contributed by atoms with Crippen LogP contribution in [0.25, 0.3) is 0 Å². The number of halogens is 1. The van der Waals surface area contributed by atoms with Gasteiger partial charge in [0, 0.05) is 29.6 Å². The lowest BCUT2D eigenvalue weighted by Gasteiger charge is -2.19. The molecule has 0 radical (unpaired) electrons. The van der Waals surface area contributed by atoms with Gasteiger partial charge in [-0.25, -0.2) is 0 Å². The molecule has 0 unspecified atom stereocenters. The van der Waals surface area contributed by atoms with Gasteiger partial charge in [-0.1, -0.05) is 41.9 Å². The molecule has 138 valence electrons. The zero-order chi connectivity index (χ0) is 19.1. The van der Waals surface area contributed by atoms with Crippen LogP contribution in [0.2, 0.25) is 5.02 Å². The molecule has 2 aromatic rings. The average Bonchev–Trinajstić information content (AvgIpc) is 2.61. The molecule has 0 aliphatic heterocycles. The van der Waals surface area contributed by atoms with Gasteiger partial charge in [-0.15, -0.1) is 11.8 Å². The molecule has 0 saturated carbocycles. The molecule has 26 heavy (non-hydrogen) atoms. The summed E-state index contributed by atoms with van der Waals surface area (Å²) in [6.45, 7) is 4.26. The molecule has 0 fully saturated rings. The van der Waals surface area contributed by atoms with Crippen molar-refractivity contribution in [1.82, 2.24) is 10.2 Å². The number of thioether (sulfide) groups is 1. The van der Waals surface area contributed by atoms with E-state index in [1.54, 1.807) is 18.0 Å². The third kappa shape index (κ3) is 5.78. The van der Waals surface area contributed by atoms with Crippen molar-refractivity contribution < 1.29 is 9.59 Å². The van der Waals surface area contributed by atoms with Crippen molar-refractivity contribution in [2.24, 2.45) is 0 Å². The van der Waals surface area contributed by atoms with Crippen molar-refractivity contribution in [1.29, 1.82) is 0 Å². The third-order valence-electron chi connectivity index (χ3n) is 3.64. The van der Waals surface area contributed by atoms with Crippen LogP contribution in [-0.2, 0) is 11.3 Å². The van der Waals surface area contributed by atoms with Gasteiger partial charge in [0.15, 0.2) is 0 Å². The largest absolute Gasteiger partial charge is 0.353 e. The van der Waals surface area contributed by atoms with Crippen molar-refractivity contribution in [3.63, 3.8) is 0 Å². The van der Waals surface area contributed by atoms with E-state index < -0.39 is 0 Å². The smallest absolute Gasteiger partial charge is 0.255 e. The molecular weight excluding hydrogens is 368 g/mol. The lowest BCUT2D eigenvalue weighted by molar-refractivity contribution is -0.119. The molecule has 0 aliphatic carbocycles. The van der Waals surface area contributed by atoms with Crippen LogP contribution in [0.1, 0.15) is 29.8 Å². The molecule has 0 aliphatic rings. The van der Waals surface area contributed by atoms with Crippen LogP contribution in [0.5, 0.6) is 0 Å². The van der Waals surface area contributed by atoms with Gasteiger partial charge in [0.2, 0.25) is 5.91 Å². The van der Waals surface area contributed by atoms with Gasteiger partial charge in [0.25, 0.3) is 5.91 Å². The van der Waals surface area contributed by atoms with E-state index in [1.165, 1.54) is 11.8 Å².